The topological polar surface area (TPSA) is 40.2 Å². The first-order valence-electron chi connectivity index (χ1n) is 7.06. The highest BCUT2D eigenvalue weighted by atomic mass is 16.5. The minimum atomic E-state index is 0.229. The molecule has 0 aliphatic carbocycles. The fourth-order valence-corrected chi connectivity index (χ4v) is 2.48. The van der Waals surface area contributed by atoms with E-state index in [-0.39, 0.29) is 6.10 Å². The molecule has 2 N–H and O–H groups in total. The maximum Gasteiger partial charge on any atom is 0.0722 e. The summed E-state index contributed by atoms with van der Waals surface area (Å²) in [5.74, 6) is 0. The van der Waals surface area contributed by atoms with Gasteiger partial charge >= 0.3 is 0 Å². The summed E-state index contributed by atoms with van der Waals surface area (Å²) in [6, 6.07) is 8.60. The lowest BCUT2D eigenvalue weighted by atomic mass is 10.1. The standard InChI is InChI=1S/C16H24N2O/c1-13(19-2)11-18-12-14(7-5-6-10-17)15-8-3-4-9-16(15)18/h3-4,8-9,12-13H,5-7,10-11,17H2,1-2H3. The van der Waals surface area contributed by atoms with Crippen molar-refractivity contribution in [2.45, 2.75) is 38.8 Å². The first-order chi connectivity index (χ1) is 9.26. The van der Waals surface area contributed by atoms with Gasteiger partial charge in [0.1, 0.15) is 0 Å². The maximum absolute atomic E-state index is 5.57. The molecule has 2 aromatic rings. The first kappa shape index (κ1) is 14.1. The largest absolute Gasteiger partial charge is 0.380 e. The SMILES string of the molecule is COC(C)Cn1cc(CCCCN)c2ccccc21. The molecule has 2 rings (SSSR count). The molecule has 19 heavy (non-hydrogen) atoms. The number of aromatic nitrogens is 1. The highest BCUT2D eigenvalue weighted by Crippen LogP contribution is 2.23. The third-order valence-corrected chi connectivity index (χ3v) is 3.63. The third-order valence-electron chi connectivity index (χ3n) is 3.63. The van der Waals surface area contributed by atoms with E-state index in [9.17, 15) is 0 Å². The number of hydrogen-bond donors (Lipinski definition) is 1. The van der Waals surface area contributed by atoms with Crippen molar-refractivity contribution in [3.8, 4) is 0 Å². The number of para-hydroxylation sites is 1. The van der Waals surface area contributed by atoms with Crippen LogP contribution in [-0.4, -0.2) is 24.3 Å². The van der Waals surface area contributed by atoms with Crippen LogP contribution in [0.2, 0.25) is 0 Å². The minimum absolute atomic E-state index is 0.229. The molecule has 0 saturated carbocycles. The molecule has 0 bridgehead atoms. The normalized spacial score (nSPS) is 13.0. The van der Waals surface area contributed by atoms with Gasteiger partial charge in [-0.2, -0.15) is 0 Å². The van der Waals surface area contributed by atoms with Crippen LogP contribution in [0.25, 0.3) is 10.9 Å². The maximum atomic E-state index is 5.57. The average molecular weight is 260 g/mol. The number of nitrogens with zero attached hydrogens (tertiary/aromatic N) is 1. The zero-order valence-electron chi connectivity index (χ0n) is 11.9. The van der Waals surface area contributed by atoms with E-state index in [1.807, 2.05) is 0 Å². The van der Waals surface area contributed by atoms with Crippen molar-refractivity contribution >= 4 is 10.9 Å². The Morgan fingerprint density at radius 2 is 2.05 bits per heavy atom. The van der Waals surface area contributed by atoms with E-state index in [2.05, 4.69) is 42.0 Å². The molecule has 1 aromatic carbocycles. The number of ether oxygens (including phenoxy) is 1. The molecule has 1 aromatic heterocycles. The van der Waals surface area contributed by atoms with E-state index in [1.165, 1.54) is 16.5 Å². The lowest BCUT2D eigenvalue weighted by molar-refractivity contribution is 0.104. The van der Waals surface area contributed by atoms with Gasteiger partial charge in [0.25, 0.3) is 0 Å². The number of hydrogen-bond acceptors (Lipinski definition) is 2. The molecule has 1 atom stereocenters. The molecular formula is C16H24N2O. The predicted octanol–water partition coefficient (Wildman–Crippen LogP) is 2.96. The molecule has 0 fully saturated rings. The van der Waals surface area contributed by atoms with Gasteiger partial charge in [-0.1, -0.05) is 18.2 Å². The predicted molar refractivity (Wildman–Crippen MR) is 80.4 cm³/mol. The van der Waals surface area contributed by atoms with Crippen LogP contribution in [-0.2, 0) is 17.7 Å². The van der Waals surface area contributed by atoms with Crippen molar-refractivity contribution in [2.75, 3.05) is 13.7 Å². The van der Waals surface area contributed by atoms with Crippen molar-refractivity contribution in [2.24, 2.45) is 5.73 Å². The van der Waals surface area contributed by atoms with Crippen LogP contribution in [0, 0.1) is 0 Å². The van der Waals surface area contributed by atoms with Gasteiger partial charge in [0, 0.05) is 30.8 Å². The van der Waals surface area contributed by atoms with Gasteiger partial charge in [-0.25, -0.2) is 0 Å². The quantitative estimate of drug-likeness (QED) is 0.777. The summed E-state index contributed by atoms with van der Waals surface area (Å²) in [7, 11) is 1.76. The van der Waals surface area contributed by atoms with Crippen LogP contribution >= 0.6 is 0 Å². The smallest absolute Gasteiger partial charge is 0.0722 e. The van der Waals surface area contributed by atoms with Crippen molar-refractivity contribution in [1.29, 1.82) is 0 Å². The molecule has 0 aliphatic rings. The van der Waals surface area contributed by atoms with Gasteiger partial charge in [0.2, 0.25) is 0 Å². The molecule has 104 valence electrons. The van der Waals surface area contributed by atoms with Crippen molar-refractivity contribution < 1.29 is 4.74 Å². The van der Waals surface area contributed by atoms with Crippen LogP contribution in [0.1, 0.15) is 25.3 Å². The Morgan fingerprint density at radius 3 is 2.79 bits per heavy atom. The van der Waals surface area contributed by atoms with Crippen molar-refractivity contribution in [3.05, 3.63) is 36.0 Å². The number of aryl methyl sites for hydroxylation is 1. The van der Waals surface area contributed by atoms with Gasteiger partial charge in [-0.05, 0) is 44.4 Å². The Balaban J connectivity index is 2.26. The van der Waals surface area contributed by atoms with Crippen LogP contribution in [0.4, 0.5) is 0 Å². The van der Waals surface area contributed by atoms with Gasteiger partial charge in [0.05, 0.1) is 6.10 Å². The zero-order valence-corrected chi connectivity index (χ0v) is 11.9. The number of unbranched alkanes of at least 4 members (excludes halogenated alkanes) is 1. The van der Waals surface area contributed by atoms with Crippen molar-refractivity contribution in [3.63, 3.8) is 0 Å². The lowest BCUT2D eigenvalue weighted by Gasteiger charge is -2.11. The summed E-state index contributed by atoms with van der Waals surface area (Å²) in [6.45, 7) is 3.77. The van der Waals surface area contributed by atoms with E-state index in [1.54, 1.807) is 7.11 Å². The summed E-state index contributed by atoms with van der Waals surface area (Å²) in [6.07, 6.45) is 5.86. The second-order valence-corrected chi connectivity index (χ2v) is 5.12. The van der Waals surface area contributed by atoms with Gasteiger partial charge in [-0.15, -0.1) is 0 Å². The van der Waals surface area contributed by atoms with Gasteiger partial charge in [-0.3, -0.25) is 0 Å². The first-order valence-corrected chi connectivity index (χ1v) is 7.06. The van der Waals surface area contributed by atoms with Gasteiger partial charge in [0.15, 0.2) is 0 Å². The fourth-order valence-electron chi connectivity index (χ4n) is 2.48. The summed E-state index contributed by atoms with van der Waals surface area (Å²) in [5.41, 5.74) is 8.30. The highest BCUT2D eigenvalue weighted by molar-refractivity contribution is 5.84. The second-order valence-electron chi connectivity index (χ2n) is 5.12. The van der Waals surface area contributed by atoms with Crippen LogP contribution in [0.3, 0.4) is 0 Å². The van der Waals surface area contributed by atoms with Crippen LogP contribution in [0.15, 0.2) is 30.5 Å². The minimum Gasteiger partial charge on any atom is -0.380 e. The summed E-state index contributed by atoms with van der Waals surface area (Å²) < 4.78 is 7.68. The molecule has 1 heterocycles. The molecule has 0 radical (unpaired) electrons. The molecule has 0 spiro atoms. The van der Waals surface area contributed by atoms with E-state index in [0.29, 0.717) is 0 Å². The van der Waals surface area contributed by atoms with E-state index < -0.39 is 0 Å². The lowest BCUT2D eigenvalue weighted by Crippen LogP contribution is -2.13. The molecule has 0 amide bonds. The van der Waals surface area contributed by atoms with Crippen molar-refractivity contribution in [1.82, 2.24) is 4.57 Å². The highest BCUT2D eigenvalue weighted by Gasteiger charge is 2.09. The monoisotopic (exact) mass is 260 g/mol. The summed E-state index contributed by atoms with van der Waals surface area (Å²) >= 11 is 0. The number of rotatable bonds is 7. The third kappa shape index (κ3) is 3.37. The molecule has 1 unspecified atom stereocenters. The molecule has 0 saturated heterocycles. The Kier molecular flexibility index (Phi) is 5.00. The Hall–Kier alpha value is -1.32. The number of fused-ring (bicyclic) bond motifs is 1. The van der Waals surface area contributed by atoms with E-state index in [0.717, 1.165) is 32.4 Å². The second kappa shape index (κ2) is 6.73. The number of nitrogens with two attached hydrogens (primary N) is 1. The fraction of sp³-hybridized carbons (Fsp3) is 0.500. The average Bonchev–Trinajstić information content (AvgIpc) is 2.78. The summed E-state index contributed by atoms with van der Waals surface area (Å²) in [4.78, 5) is 0. The Bertz CT molecular complexity index is 518. The summed E-state index contributed by atoms with van der Waals surface area (Å²) in [5, 5.41) is 1.36. The Morgan fingerprint density at radius 1 is 1.26 bits per heavy atom. The molecule has 3 heteroatoms. The Labute approximate surface area is 115 Å². The van der Waals surface area contributed by atoms with E-state index >= 15 is 0 Å². The van der Waals surface area contributed by atoms with Crippen LogP contribution in [0.5, 0.6) is 0 Å². The van der Waals surface area contributed by atoms with Gasteiger partial charge < -0.3 is 15.0 Å². The van der Waals surface area contributed by atoms with E-state index in [4.69, 9.17) is 10.5 Å². The zero-order chi connectivity index (χ0) is 13.7. The molecule has 0 aliphatic heterocycles. The van der Waals surface area contributed by atoms with Crippen LogP contribution < -0.4 is 5.73 Å². The molecular weight excluding hydrogens is 236 g/mol. The molecule has 3 nitrogen and oxygen atoms in total. The number of methoxy groups -OCH3 is 1. The number of benzene rings is 1.